The normalized spacial score (nSPS) is 14.1. The zero-order valence-corrected chi connectivity index (χ0v) is 16.5. The highest BCUT2D eigenvalue weighted by Crippen LogP contribution is 2.36. The molecule has 0 aromatic carbocycles. The molecule has 0 unspecified atom stereocenters. The Kier molecular flexibility index (Phi) is 8.94. The number of carbonyl (C=O) groups excluding carboxylic acids is 1. The van der Waals surface area contributed by atoms with E-state index in [0.717, 1.165) is 18.4 Å². The van der Waals surface area contributed by atoms with Gasteiger partial charge in [-0.25, -0.2) is 4.79 Å². The summed E-state index contributed by atoms with van der Waals surface area (Å²) in [5, 5.41) is 0.223. The third-order valence-electron chi connectivity index (χ3n) is 4.16. The molecule has 0 N–H and O–H groups in total. The molecule has 0 spiro atoms. The highest BCUT2D eigenvalue weighted by Gasteiger charge is 2.37. The van der Waals surface area contributed by atoms with Crippen molar-refractivity contribution in [3.63, 3.8) is 0 Å². The van der Waals surface area contributed by atoms with Gasteiger partial charge >= 0.3 is 5.97 Å². The van der Waals surface area contributed by atoms with Crippen molar-refractivity contribution >= 4 is 14.3 Å². The standard InChI is InChI=1S/C18H34O3Si/c1-9-20-17(19)12-10-11-15(2)13-16(3)14-21-22(7,8)18(4,5)6/h10,12,15H,3,9,11,13-14H2,1-2,4-8H3/b12-10+/t15-/m0/s1. The zero-order valence-electron chi connectivity index (χ0n) is 15.5. The first-order valence-electron chi connectivity index (χ1n) is 8.13. The number of esters is 1. The first-order chi connectivity index (χ1) is 9.99. The minimum absolute atomic E-state index is 0.223. The van der Waals surface area contributed by atoms with E-state index in [4.69, 9.17) is 9.16 Å². The van der Waals surface area contributed by atoms with E-state index in [-0.39, 0.29) is 11.0 Å². The number of rotatable bonds is 9. The van der Waals surface area contributed by atoms with Gasteiger partial charge in [-0.15, -0.1) is 0 Å². The molecule has 0 rings (SSSR count). The Morgan fingerprint density at radius 2 is 1.91 bits per heavy atom. The van der Waals surface area contributed by atoms with Crippen LogP contribution in [0, 0.1) is 5.92 Å². The molecule has 0 saturated carbocycles. The maximum atomic E-state index is 11.2. The lowest BCUT2D eigenvalue weighted by atomic mass is 9.99. The molecule has 0 bridgehead atoms. The summed E-state index contributed by atoms with van der Waals surface area (Å²) in [4.78, 5) is 11.2. The Morgan fingerprint density at radius 1 is 1.32 bits per heavy atom. The summed E-state index contributed by atoms with van der Waals surface area (Å²) in [7, 11) is -1.70. The first-order valence-corrected chi connectivity index (χ1v) is 11.0. The fraction of sp³-hybridized carbons (Fsp3) is 0.722. The Morgan fingerprint density at radius 3 is 2.41 bits per heavy atom. The lowest BCUT2D eigenvalue weighted by Gasteiger charge is -2.36. The summed E-state index contributed by atoms with van der Waals surface area (Å²) in [6.45, 7) is 20.4. The van der Waals surface area contributed by atoms with Gasteiger partial charge < -0.3 is 9.16 Å². The zero-order chi connectivity index (χ0) is 17.4. The second-order valence-corrected chi connectivity index (χ2v) is 12.3. The number of allylic oxidation sites excluding steroid dienone is 1. The molecular formula is C18H34O3Si. The van der Waals surface area contributed by atoms with Gasteiger partial charge in [-0.2, -0.15) is 0 Å². The van der Waals surface area contributed by atoms with Gasteiger partial charge in [0.1, 0.15) is 0 Å². The summed E-state index contributed by atoms with van der Waals surface area (Å²) >= 11 is 0. The number of carbonyl (C=O) groups is 1. The minimum Gasteiger partial charge on any atom is -0.463 e. The third kappa shape index (κ3) is 8.54. The van der Waals surface area contributed by atoms with Crippen LogP contribution in [-0.2, 0) is 14.0 Å². The van der Waals surface area contributed by atoms with Gasteiger partial charge in [-0.3, -0.25) is 0 Å². The first kappa shape index (κ1) is 21.1. The van der Waals surface area contributed by atoms with E-state index in [2.05, 4.69) is 47.4 Å². The highest BCUT2D eigenvalue weighted by atomic mass is 28.4. The second kappa shape index (κ2) is 9.31. The second-order valence-electron chi connectivity index (χ2n) is 7.50. The minimum atomic E-state index is -1.70. The van der Waals surface area contributed by atoms with E-state index in [0.29, 0.717) is 19.1 Å². The van der Waals surface area contributed by atoms with Crippen LogP contribution in [0.25, 0.3) is 0 Å². The molecule has 4 heteroatoms. The van der Waals surface area contributed by atoms with Crippen molar-refractivity contribution in [1.82, 2.24) is 0 Å². The van der Waals surface area contributed by atoms with E-state index in [1.54, 1.807) is 6.92 Å². The van der Waals surface area contributed by atoms with E-state index >= 15 is 0 Å². The predicted octanol–water partition coefficient (Wildman–Crippen LogP) is 5.10. The van der Waals surface area contributed by atoms with E-state index in [9.17, 15) is 4.79 Å². The Balaban J connectivity index is 4.14. The van der Waals surface area contributed by atoms with Gasteiger partial charge in [-0.05, 0) is 43.8 Å². The Labute approximate surface area is 137 Å². The molecule has 0 aromatic heterocycles. The Hall–Kier alpha value is -0.873. The van der Waals surface area contributed by atoms with Crippen molar-refractivity contribution in [3.05, 3.63) is 24.3 Å². The van der Waals surface area contributed by atoms with Crippen molar-refractivity contribution in [2.75, 3.05) is 13.2 Å². The molecule has 0 aliphatic carbocycles. The SMILES string of the molecule is C=C(CO[Si](C)(C)C(C)(C)C)C[C@@H](C)C/C=C/C(=O)OCC. The van der Waals surface area contributed by atoms with Gasteiger partial charge in [0.2, 0.25) is 0 Å². The molecule has 0 aromatic rings. The van der Waals surface area contributed by atoms with Crippen molar-refractivity contribution in [3.8, 4) is 0 Å². The lowest BCUT2D eigenvalue weighted by molar-refractivity contribution is -0.137. The van der Waals surface area contributed by atoms with Crippen LogP contribution in [0.15, 0.2) is 24.3 Å². The largest absolute Gasteiger partial charge is 0.463 e. The van der Waals surface area contributed by atoms with Crippen LogP contribution in [0.3, 0.4) is 0 Å². The monoisotopic (exact) mass is 326 g/mol. The maximum Gasteiger partial charge on any atom is 0.330 e. The summed E-state index contributed by atoms with van der Waals surface area (Å²) in [5.41, 5.74) is 1.13. The summed E-state index contributed by atoms with van der Waals surface area (Å²) in [6, 6.07) is 0. The third-order valence-corrected chi connectivity index (χ3v) is 8.64. The van der Waals surface area contributed by atoms with Crippen LogP contribution in [-0.4, -0.2) is 27.5 Å². The average molecular weight is 327 g/mol. The molecule has 1 atom stereocenters. The maximum absolute atomic E-state index is 11.2. The van der Waals surface area contributed by atoms with Gasteiger partial charge in [0.15, 0.2) is 8.32 Å². The molecular weight excluding hydrogens is 292 g/mol. The number of hydrogen-bond donors (Lipinski definition) is 0. The van der Waals surface area contributed by atoms with Gasteiger partial charge in [0.05, 0.1) is 13.2 Å². The highest BCUT2D eigenvalue weighted by molar-refractivity contribution is 6.74. The summed E-state index contributed by atoms with van der Waals surface area (Å²) < 4.78 is 11.0. The fourth-order valence-corrected chi connectivity index (χ4v) is 2.72. The summed E-state index contributed by atoms with van der Waals surface area (Å²) in [6.07, 6.45) is 5.15. The van der Waals surface area contributed by atoms with Gasteiger partial charge in [-0.1, -0.05) is 45.9 Å². The van der Waals surface area contributed by atoms with E-state index in [1.807, 2.05) is 6.08 Å². The molecule has 3 nitrogen and oxygen atoms in total. The number of ether oxygens (including phenoxy) is 1. The molecule has 0 amide bonds. The Bertz CT molecular complexity index is 392. The molecule has 22 heavy (non-hydrogen) atoms. The predicted molar refractivity (Wildman–Crippen MR) is 96.5 cm³/mol. The average Bonchev–Trinajstić information content (AvgIpc) is 2.35. The van der Waals surface area contributed by atoms with Crippen molar-refractivity contribution < 1.29 is 14.0 Å². The van der Waals surface area contributed by atoms with Crippen molar-refractivity contribution in [1.29, 1.82) is 0 Å². The molecule has 128 valence electrons. The van der Waals surface area contributed by atoms with Crippen molar-refractivity contribution in [2.24, 2.45) is 5.92 Å². The smallest absolute Gasteiger partial charge is 0.330 e. The van der Waals surface area contributed by atoms with Crippen LogP contribution in [0.4, 0.5) is 0 Å². The summed E-state index contributed by atoms with van der Waals surface area (Å²) in [5.74, 6) is 0.177. The molecule has 0 saturated heterocycles. The van der Waals surface area contributed by atoms with Crippen LogP contribution in [0.1, 0.15) is 47.5 Å². The molecule has 0 aliphatic rings. The quantitative estimate of drug-likeness (QED) is 0.256. The van der Waals surface area contributed by atoms with Gasteiger partial charge in [0, 0.05) is 6.08 Å². The lowest BCUT2D eigenvalue weighted by Crippen LogP contribution is -2.41. The fourth-order valence-electron chi connectivity index (χ4n) is 1.72. The van der Waals surface area contributed by atoms with Crippen LogP contribution in [0.5, 0.6) is 0 Å². The van der Waals surface area contributed by atoms with E-state index in [1.165, 1.54) is 6.08 Å². The topological polar surface area (TPSA) is 35.5 Å². The van der Waals surface area contributed by atoms with Crippen LogP contribution in [0.2, 0.25) is 18.1 Å². The van der Waals surface area contributed by atoms with Crippen molar-refractivity contribution in [2.45, 2.75) is 65.6 Å². The molecule has 0 aliphatic heterocycles. The van der Waals surface area contributed by atoms with E-state index < -0.39 is 8.32 Å². The van der Waals surface area contributed by atoms with Gasteiger partial charge in [0.25, 0.3) is 0 Å². The molecule has 0 radical (unpaired) electrons. The van der Waals surface area contributed by atoms with Crippen LogP contribution < -0.4 is 0 Å². The number of hydrogen-bond acceptors (Lipinski definition) is 3. The molecule has 0 heterocycles. The molecule has 0 fully saturated rings. The van der Waals surface area contributed by atoms with Crippen LogP contribution >= 0.6 is 0 Å².